The Labute approximate surface area is 112 Å². The number of hydrogen-bond acceptors (Lipinski definition) is 5. The van der Waals surface area contributed by atoms with Gasteiger partial charge < -0.3 is 10.1 Å². The minimum Gasteiger partial charge on any atom is -0.358 e. The average Bonchev–Trinajstić information content (AvgIpc) is 2.40. The molecule has 7 nitrogen and oxygen atoms in total. The smallest absolute Gasteiger partial charge is 0.358 e. The topological polar surface area (TPSA) is 102 Å². The van der Waals surface area contributed by atoms with Crippen LogP contribution in [0.3, 0.4) is 0 Å². The zero-order valence-electron chi connectivity index (χ0n) is 10.9. The number of nitrogens with zero attached hydrogens (tertiary/aromatic N) is 2. The van der Waals surface area contributed by atoms with Crippen LogP contribution in [0.2, 0.25) is 0 Å². The Balaban J connectivity index is 2.80. The third kappa shape index (κ3) is 4.25. The Morgan fingerprint density at radius 3 is 2.42 bits per heavy atom. The highest BCUT2D eigenvalue weighted by molar-refractivity contribution is 7.89. The second-order valence-corrected chi connectivity index (χ2v) is 5.91. The molecule has 0 atom stereocenters. The molecule has 0 aliphatic carbocycles. The quantitative estimate of drug-likeness (QED) is 0.607. The van der Waals surface area contributed by atoms with E-state index in [1.807, 2.05) is 13.8 Å². The molecule has 0 radical (unpaired) electrons. The normalized spacial score (nSPS) is 11.7. The molecule has 1 N–H and O–H groups in total. The number of sulfonamides is 1. The maximum atomic E-state index is 11.9. The van der Waals surface area contributed by atoms with Crippen molar-refractivity contribution in [2.75, 3.05) is 6.54 Å². The second-order valence-electron chi connectivity index (χ2n) is 4.14. The molecule has 1 aromatic heterocycles. The van der Waals surface area contributed by atoms with Gasteiger partial charge in [0.15, 0.2) is 6.20 Å². The summed E-state index contributed by atoms with van der Waals surface area (Å²) in [6.45, 7) is 4.35. The molecule has 0 aliphatic rings. The van der Waals surface area contributed by atoms with E-state index in [0.717, 1.165) is 25.1 Å². The van der Waals surface area contributed by atoms with Crippen molar-refractivity contribution in [2.45, 2.75) is 31.6 Å². The van der Waals surface area contributed by atoms with Crippen molar-refractivity contribution < 1.29 is 13.3 Å². The molecule has 0 saturated carbocycles. The Bertz CT molecular complexity index is 523. The molecule has 0 amide bonds. The van der Waals surface area contributed by atoms with Gasteiger partial charge in [-0.3, -0.25) is 0 Å². The van der Waals surface area contributed by atoms with Gasteiger partial charge >= 0.3 is 5.82 Å². The Kier molecular flexibility index (Phi) is 5.37. The molecule has 0 aliphatic heterocycles. The predicted molar refractivity (Wildman–Crippen MR) is 70.2 cm³/mol. The first-order chi connectivity index (χ1) is 8.90. The highest BCUT2D eigenvalue weighted by Gasteiger charge is 2.18. The fourth-order valence-corrected chi connectivity index (χ4v) is 2.59. The van der Waals surface area contributed by atoms with Gasteiger partial charge in [-0.25, -0.2) is 13.1 Å². The van der Waals surface area contributed by atoms with Crippen LogP contribution in [-0.2, 0) is 10.0 Å². The maximum Gasteiger partial charge on any atom is 0.363 e. The summed E-state index contributed by atoms with van der Waals surface area (Å²) in [5, 5.41) is 10.4. The van der Waals surface area contributed by atoms with Crippen molar-refractivity contribution >= 4 is 15.8 Å². The van der Waals surface area contributed by atoms with Crippen molar-refractivity contribution in [3.63, 3.8) is 0 Å². The van der Waals surface area contributed by atoms with Crippen LogP contribution in [0.4, 0.5) is 5.82 Å². The zero-order valence-corrected chi connectivity index (χ0v) is 11.7. The molecular formula is C11H17N3O4S. The Hall–Kier alpha value is -1.54. The molecule has 1 rings (SSSR count). The van der Waals surface area contributed by atoms with Gasteiger partial charge in [0.1, 0.15) is 4.90 Å². The summed E-state index contributed by atoms with van der Waals surface area (Å²) in [5.74, 6) is -0.0975. The summed E-state index contributed by atoms with van der Waals surface area (Å²) >= 11 is 0. The van der Waals surface area contributed by atoms with E-state index in [-0.39, 0.29) is 16.6 Å². The fraction of sp³-hybridized carbons (Fsp3) is 0.545. The first-order valence-corrected chi connectivity index (χ1v) is 7.49. The van der Waals surface area contributed by atoms with Crippen LogP contribution < -0.4 is 4.72 Å². The predicted octanol–water partition coefficient (Wildman–Crippen LogP) is 1.70. The number of hydrogen-bond donors (Lipinski definition) is 1. The molecule has 0 aromatic carbocycles. The van der Waals surface area contributed by atoms with Crippen molar-refractivity contribution in [3.8, 4) is 0 Å². The van der Waals surface area contributed by atoms with Crippen LogP contribution in [0, 0.1) is 16.0 Å². The van der Waals surface area contributed by atoms with E-state index in [1.165, 1.54) is 6.07 Å². The molecule has 1 heterocycles. The molecule has 106 valence electrons. The van der Waals surface area contributed by atoms with Gasteiger partial charge in [-0.2, -0.15) is 0 Å². The molecular weight excluding hydrogens is 270 g/mol. The van der Waals surface area contributed by atoms with E-state index in [4.69, 9.17) is 0 Å². The maximum absolute atomic E-state index is 11.9. The lowest BCUT2D eigenvalue weighted by atomic mass is 10.0. The van der Waals surface area contributed by atoms with Crippen molar-refractivity contribution in [3.05, 3.63) is 28.4 Å². The summed E-state index contributed by atoms with van der Waals surface area (Å²) in [5.41, 5.74) is 0. The van der Waals surface area contributed by atoms with Crippen LogP contribution in [-0.4, -0.2) is 24.9 Å². The lowest BCUT2D eigenvalue weighted by Crippen LogP contribution is -2.29. The van der Waals surface area contributed by atoms with Gasteiger partial charge in [-0.15, -0.1) is 0 Å². The lowest BCUT2D eigenvalue weighted by molar-refractivity contribution is -0.389. The van der Waals surface area contributed by atoms with E-state index in [2.05, 4.69) is 9.71 Å². The zero-order chi connectivity index (χ0) is 14.5. The first-order valence-electron chi connectivity index (χ1n) is 6.00. The first kappa shape index (κ1) is 15.5. The molecule has 0 unspecified atom stereocenters. The van der Waals surface area contributed by atoms with Crippen LogP contribution >= 0.6 is 0 Å². The SMILES string of the molecule is CCC(CC)CNS(=O)(=O)c1ccc([N+](=O)[O-])nc1. The number of pyridine rings is 1. The second kappa shape index (κ2) is 6.58. The summed E-state index contributed by atoms with van der Waals surface area (Å²) in [6.07, 6.45) is 2.77. The average molecular weight is 287 g/mol. The van der Waals surface area contributed by atoms with Crippen LogP contribution in [0.1, 0.15) is 26.7 Å². The Morgan fingerprint density at radius 1 is 1.37 bits per heavy atom. The standard InChI is InChI=1S/C11H17N3O4S/c1-3-9(4-2)7-13-19(17,18)10-5-6-11(12-8-10)14(15)16/h5-6,8-9,13H,3-4,7H2,1-2H3. The number of rotatable bonds is 7. The van der Waals surface area contributed by atoms with E-state index < -0.39 is 14.9 Å². The largest absolute Gasteiger partial charge is 0.363 e. The third-order valence-corrected chi connectivity index (χ3v) is 4.34. The van der Waals surface area contributed by atoms with Gasteiger partial charge in [0.05, 0.1) is 0 Å². The minimum atomic E-state index is -3.65. The number of nitrogens with one attached hydrogen (secondary N) is 1. The van der Waals surface area contributed by atoms with Crippen LogP contribution in [0.15, 0.2) is 23.2 Å². The Morgan fingerprint density at radius 2 is 2.00 bits per heavy atom. The van der Waals surface area contributed by atoms with Crippen LogP contribution in [0.5, 0.6) is 0 Å². The highest BCUT2D eigenvalue weighted by atomic mass is 32.2. The van der Waals surface area contributed by atoms with Gasteiger partial charge in [-0.1, -0.05) is 26.7 Å². The van der Waals surface area contributed by atoms with Gasteiger partial charge in [0.25, 0.3) is 0 Å². The monoisotopic (exact) mass is 287 g/mol. The minimum absolute atomic E-state index is 0.0657. The summed E-state index contributed by atoms with van der Waals surface area (Å²) in [6, 6.07) is 2.26. The van der Waals surface area contributed by atoms with E-state index in [9.17, 15) is 18.5 Å². The molecule has 0 fully saturated rings. The fourth-order valence-electron chi connectivity index (χ4n) is 1.53. The molecule has 1 aromatic rings. The van der Waals surface area contributed by atoms with Gasteiger partial charge in [0.2, 0.25) is 10.0 Å². The van der Waals surface area contributed by atoms with Crippen molar-refractivity contribution in [2.24, 2.45) is 5.92 Å². The molecule has 0 spiro atoms. The number of aromatic nitrogens is 1. The molecule has 8 heteroatoms. The molecule has 0 saturated heterocycles. The van der Waals surface area contributed by atoms with E-state index in [0.29, 0.717) is 6.54 Å². The summed E-state index contributed by atoms with van der Waals surface area (Å²) in [7, 11) is -3.65. The highest BCUT2D eigenvalue weighted by Crippen LogP contribution is 2.13. The summed E-state index contributed by atoms with van der Waals surface area (Å²) in [4.78, 5) is 13.2. The summed E-state index contributed by atoms with van der Waals surface area (Å²) < 4.78 is 26.3. The van der Waals surface area contributed by atoms with E-state index in [1.54, 1.807) is 0 Å². The third-order valence-electron chi connectivity index (χ3n) is 2.93. The number of nitro groups is 1. The molecule has 19 heavy (non-hydrogen) atoms. The van der Waals surface area contributed by atoms with E-state index >= 15 is 0 Å². The van der Waals surface area contributed by atoms with Gasteiger partial charge in [-0.05, 0) is 21.9 Å². The molecule has 0 bridgehead atoms. The van der Waals surface area contributed by atoms with Gasteiger partial charge in [0, 0.05) is 12.6 Å². The lowest BCUT2D eigenvalue weighted by Gasteiger charge is -2.12. The van der Waals surface area contributed by atoms with Crippen LogP contribution in [0.25, 0.3) is 0 Å². The van der Waals surface area contributed by atoms with Crippen molar-refractivity contribution in [1.82, 2.24) is 9.71 Å². The van der Waals surface area contributed by atoms with Crippen molar-refractivity contribution in [1.29, 1.82) is 0 Å².